The van der Waals surface area contributed by atoms with Crippen molar-refractivity contribution in [2.24, 2.45) is 0 Å². The van der Waals surface area contributed by atoms with Crippen LogP contribution in [0, 0.1) is 10.1 Å². The average molecular weight is 333 g/mol. The van der Waals surface area contributed by atoms with Gasteiger partial charge in [-0.1, -0.05) is 0 Å². The van der Waals surface area contributed by atoms with E-state index >= 15 is 0 Å². The highest BCUT2D eigenvalue weighted by atomic mass is 19.1. The SMILES string of the molecule is O=C1C=C(C2=COC(=C3C=CN(O)C(F)=C3)N2)C=C([N+](=O)[O-])C1=O. The summed E-state index contributed by atoms with van der Waals surface area (Å²) in [6.07, 6.45) is 6.44. The predicted molar refractivity (Wildman–Crippen MR) is 74.5 cm³/mol. The van der Waals surface area contributed by atoms with Gasteiger partial charge in [0.15, 0.2) is 0 Å². The summed E-state index contributed by atoms with van der Waals surface area (Å²) < 4.78 is 18.5. The van der Waals surface area contributed by atoms with Gasteiger partial charge in [0, 0.05) is 29.5 Å². The maximum Gasteiger partial charge on any atom is 0.321 e. The summed E-state index contributed by atoms with van der Waals surface area (Å²) in [6.45, 7) is 0. The van der Waals surface area contributed by atoms with Crippen molar-refractivity contribution in [1.29, 1.82) is 0 Å². The Balaban J connectivity index is 1.88. The van der Waals surface area contributed by atoms with Crippen LogP contribution in [0.4, 0.5) is 4.39 Å². The lowest BCUT2D eigenvalue weighted by atomic mass is 10.0. The van der Waals surface area contributed by atoms with Crippen LogP contribution in [0.25, 0.3) is 0 Å². The van der Waals surface area contributed by atoms with Crippen molar-refractivity contribution in [2.45, 2.75) is 0 Å². The first-order valence-corrected chi connectivity index (χ1v) is 6.45. The number of ether oxygens (including phenoxy) is 1. The minimum atomic E-state index is -1.20. The van der Waals surface area contributed by atoms with Crippen molar-refractivity contribution in [3.8, 4) is 0 Å². The number of hydrogen-bond acceptors (Lipinski definition) is 8. The fourth-order valence-corrected chi connectivity index (χ4v) is 2.06. The molecule has 0 aromatic heterocycles. The van der Waals surface area contributed by atoms with Crippen molar-refractivity contribution in [1.82, 2.24) is 10.4 Å². The fourth-order valence-electron chi connectivity index (χ4n) is 2.06. The van der Waals surface area contributed by atoms with Gasteiger partial charge in [-0.15, -0.1) is 0 Å². The lowest BCUT2D eigenvalue weighted by Crippen LogP contribution is -2.24. The van der Waals surface area contributed by atoms with Crippen molar-refractivity contribution in [3.63, 3.8) is 0 Å². The van der Waals surface area contributed by atoms with Gasteiger partial charge in [0.25, 0.3) is 0 Å². The Morgan fingerprint density at radius 2 is 2.04 bits per heavy atom. The first kappa shape index (κ1) is 15.4. The number of Topliss-reactive ketones (excluding diaryl/α,β-unsaturated/α-hetero) is 1. The number of hydroxylamine groups is 2. The molecule has 0 saturated carbocycles. The third kappa shape index (κ3) is 2.61. The van der Waals surface area contributed by atoms with E-state index in [1.807, 2.05) is 0 Å². The topological polar surface area (TPSA) is 122 Å². The van der Waals surface area contributed by atoms with Crippen LogP contribution in [0.15, 0.2) is 71.1 Å². The molecule has 0 saturated heterocycles. The molecule has 1 aliphatic carbocycles. The molecule has 0 radical (unpaired) electrons. The van der Waals surface area contributed by atoms with Crippen molar-refractivity contribution < 1.29 is 28.8 Å². The van der Waals surface area contributed by atoms with E-state index in [1.54, 1.807) is 0 Å². The molecular formula is C14H8FN3O6. The number of nitrogens with one attached hydrogen (secondary N) is 1. The van der Waals surface area contributed by atoms with Gasteiger partial charge >= 0.3 is 11.5 Å². The largest absolute Gasteiger partial charge is 0.446 e. The van der Waals surface area contributed by atoms with Gasteiger partial charge in [0.05, 0.1) is 10.6 Å². The second kappa shape index (κ2) is 5.59. The van der Waals surface area contributed by atoms with Gasteiger partial charge in [-0.05, 0) is 12.2 Å². The quantitative estimate of drug-likeness (QED) is 0.252. The second-order valence-corrected chi connectivity index (χ2v) is 4.77. The maximum atomic E-state index is 13.3. The highest BCUT2D eigenvalue weighted by molar-refractivity contribution is 6.47. The van der Waals surface area contributed by atoms with Gasteiger partial charge < -0.3 is 10.1 Å². The van der Waals surface area contributed by atoms with E-state index in [2.05, 4.69) is 5.32 Å². The van der Waals surface area contributed by atoms with Gasteiger partial charge in [0.2, 0.25) is 17.6 Å². The third-order valence-electron chi connectivity index (χ3n) is 3.24. The highest BCUT2D eigenvalue weighted by Gasteiger charge is 2.33. The minimum Gasteiger partial charge on any atom is -0.446 e. The fraction of sp³-hybridized carbons (Fsp3) is 0. The van der Waals surface area contributed by atoms with E-state index in [4.69, 9.17) is 9.94 Å². The summed E-state index contributed by atoms with van der Waals surface area (Å²) in [4.78, 5) is 32.9. The van der Waals surface area contributed by atoms with E-state index in [0.717, 1.165) is 30.7 Å². The number of carbonyl (C=O) groups is 2. The summed E-state index contributed by atoms with van der Waals surface area (Å²) in [5.41, 5.74) is -0.330. The van der Waals surface area contributed by atoms with Crippen LogP contribution in [0.2, 0.25) is 0 Å². The van der Waals surface area contributed by atoms with Crippen molar-refractivity contribution in [2.75, 3.05) is 0 Å². The normalized spacial score (nSPS) is 23.2. The molecule has 3 rings (SSSR count). The number of nitrogens with zero attached hydrogens (tertiary/aromatic N) is 2. The monoisotopic (exact) mass is 333 g/mol. The molecule has 10 heteroatoms. The molecule has 0 aromatic carbocycles. The summed E-state index contributed by atoms with van der Waals surface area (Å²) in [5, 5.41) is 22.9. The van der Waals surface area contributed by atoms with Crippen LogP contribution in [0.5, 0.6) is 0 Å². The molecule has 0 spiro atoms. The minimum absolute atomic E-state index is 0.0786. The molecule has 0 aromatic rings. The molecular weight excluding hydrogens is 325 g/mol. The smallest absolute Gasteiger partial charge is 0.321 e. The number of allylic oxidation sites excluding steroid dienone is 6. The Morgan fingerprint density at radius 3 is 2.71 bits per heavy atom. The number of rotatable bonds is 2. The van der Waals surface area contributed by atoms with Gasteiger partial charge in [-0.3, -0.25) is 24.9 Å². The van der Waals surface area contributed by atoms with E-state index in [0.29, 0.717) is 0 Å². The summed E-state index contributed by atoms with van der Waals surface area (Å²) in [7, 11) is 0. The second-order valence-electron chi connectivity index (χ2n) is 4.77. The molecule has 0 bridgehead atoms. The molecule has 2 aliphatic heterocycles. The number of ketones is 2. The Bertz CT molecular complexity index is 862. The molecule has 0 unspecified atom stereocenters. The number of halogens is 1. The van der Waals surface area contributed by atoms with Crippen molar-refractivity contribution in [3.05, 3.63) is 81.3 Å². The average Bonchev–Trinajstić information content (AvgIpc) is 3.02. The molecule has 9 nitrogen and oxygen atoms in total. The molecule has 3 aliphatic rings. The Morgan fingerprint density at radius 1 is 1.29 bits per heavy atom. The van der Waals surface area contributed by atoms with Crippen LogP contribution < -0.4 is 5.32 Å². The zero-order chi connectivity index (χ0) is 17.4. The molecule has 0 fully saturated rings. The van der Waals surface area contributed by atoms with E-state index in [9.17, 15) is 24.1 Å². The summed E-state index contributed by atoms with van der Waals surface area (Å²) in [5.74, 6) is -3.08. The zero-order valence-electron chi connectivity index (χ0n) is 11.7. The summed E-state index contributed by atoms with van der Waals surface area (Å²) in [6, 6.07) is 0. The Labute approximate surface area is 133 Å². The Hall–Kier alpha value is -3.53. The van der Waals surface area contributed by atoms with E-state index < -0.39 is 28.1 Å². The van der Waals surface area contributed by atoms with E-state index in [-0.39, 0.29) is 27.8 Å². The van der Waals surface area contributed by atoms with Gasteiger partial charge in [-0.25, -0.2) is 5.06 Å². The van der Waals surface area contributed by atoms with E-state index in [1.165, 1.54) is 6.08 Å². The lowest BCUT2D eigenvalue weighted by Gasteiger charge is -2.14. The lowest BCUT2D eigenvalue weighted by molar-refractivity contribution is -0.418. The zero-order valence-corrected chi connectivity index (χ0v) is 11.7. The molecule has 0 atom stereocenters. The van der Waals surface area contributed by atoms with Gasteiger partial charge in [-0.2, -0.15) is 4.39 Å². The number of nitro groups is 1. The molecule has 122 valence electrons. The number of carbonyl (C=O) groups excluding carboxylic acids is 2. The van der Waals surface area contributed by atoms with Crippen LogP contribution in [-0.2, 0) is 14.3 Å². The third-order valence-corrected chi connectivity index (χ3v) is 3.24. The highest BCUT2D eigenvalue weighted by Crippen LogP contribution is 2.26. The first-order chi connectivity index (χ1) is 11.4. The van der Waals surface area contributed by atoms with Crippen LogP contribution in [-0.4, -0.2) is 26.8 Å². The maximum absolute atomic E-state index is 13.3. The molecule has 0 amide bonds. The van der Waals surface area contributed by atoms with Crippen LogP contribution >= 0.6 is 0 Å². The van der Waals surface area contributed by atoms with Crippen LogP contribution in [0.1, 0.15) is 0 Å². The van der Waals surface area contributed by atoms with Crippen LogP contribution in [0.3, 0.4) is 0 Å². The Kier molecular flexibility index (Phi) is 3.58. The summed E-state index contributed by atoms with van der Waals surface area (Å²) >= 11 is 0. The molecule has 24 heavy (non-hydrogen) atoms. The van der Waals surface area contributed by atoms with Gasteiger partial charge in [0.1, 0.15) is 6.26 Å². The number of hydrogen-bond donors (Lipinski definition) is 2. The first-order valence-electron chi connectivity index (χ1n) is 6.45. The molecule has 2 heterocycles. The standard InChI is InChI=1S/C14H8FN3O6/c15-12-5-7(1-2-17(12)21)14-16-9(6-24-14)8-3-10(18(22)23)13(20)11(19)4-8/h1-6,16,21H. The van der Waals surface area contributed by atoms with Crippen molar-refractivity contribution >= 4 is 11.6 Å². The predicted octanol–water partition coefficient (Wildman–Crippen LogP) is 0.927. The molecule has 2 N–H and O–H groups in total.